The Bertz CT molecular complexity index is 844. The molecule has 1 aliphatic rings. The number of nitrogens with one attached hydrogen (secondary N) is 1. The molecule has 1 amide bonds. The molecule has 8 nitrogen and oxygen atoms in total. The zero-order chi connectivity index (χ0) is 21.0. The number of fused-ring (bicyclic) bond motifs is 1. The zero-order valence-corrected chi connectivity index (χ0v) is 17.5. The Morgan fingerprint density at radius 1 is 1.34 bits per heavy atom. The highest BCUT2D eigenvalue weighted by atomic mass is 16.6. The molecule has 1 fully saturated rings. The molecule has 0 aromatic carbocycles. The van der Waals surface area contributed by atoms with Crippen LogP contribution < -0.4 is 15.8 Å². The summed E-state index contributed by atoms with van der Waals surface area (Å²) in [5.41, 5.74) is 7.86. The summed E-state index contributed by atoms with van der Waals surface area (Å²) < 4.78 is 16.7. The first-order valence-corrected chi connectivity index (χ1v) is 9.90. The highest BCUT2D eigenvalue weighted by molar-refractivity contribution is 5.78. The lowest BCUT2D eigenvalue weighted by atomic mass is 9.94. The van der Waals surface area contributed by atoms with Crippen molar-refractivity contribution in [2.75, 3.05) is 13.7 Å². The Morgan fingerprint density at radius 2 is 2.14 bits per heavy atom. The fourth-order valence-corrected chi connectivity index (χ4v) is 3.42. The van der Waals surface area contributed by atoms with E-state index < -0.39 is 11.7 Å². The Morgan fingerprint density at radius 3 is 2.79 bits per heavy atom. The predicted molar refractivity (Wildman–Crippen MR) is 110 cm³/mol. The van der Waals surface area contributed by atoms with E-state index in [0.717, 1.165) is 29.4 Å². The molecule has 0 saturated carbocycles. The molecule has 3 rings (SSSR count). The van der Waals surface area contributed by atoms with Crippen LogP contribution in [0.5, 0.6) is 5.88 Å². The maximum absolute atomic E-state index is 12.5. The van der Waals surface area contributed by atoms with E-state index in [2.05, 4.69) is 15.3 Å². The largest absolute Gasteiger partial charge is 0.481 e. The van der Waals surface area contributed by atoms with Crippen LogP contribution >= 0.6 is 0 Å². The molecule has 3 atom stereocenters. The lowest BCUT2D eigenvalue weighted by Gasteiger charge is -2.34. The third-order valence-electron chi connectivity index (χ3n) is 4.79. The molecule has 1 unspecified atom stereocenters. The molecule has 2 aromatic heterocycles. The minimum Gasteiger partial charge on any atom is -0.481 e. The van der Waals surface area contributed by atoms with Crippen molar-refractivity contribution in [2.24, 2.45) is 5.73 Å². The smallest absolute Gasteiger partial charge is 0.407 e. The summed E-state index contributed by atoms with van der Waals surface area (Å²) in [6, 6.07) is 5.31. The summed E-state index contributed by atoms with van der Waals surface area (Å²) in [6.45, 7) is 5.99. The molecule has 158 valence electrons. The predicted octanol–water partition coefficient (Wildman–Crippen LogP) is 2.58. The fraction of sp³-hybridized carbons (Fsp3) is 0.571. The van der Waals surface area contributed by atoms with E-state index in [-0.39, 0.29) is 18.2 Å². The Labute approximate surface area is 171 Å². The summed E-state index contributed by atoms with van der Waals surface area (Å²) >= 11 is 0. The fourth-order valence-electron chi connectivity index (χ4n) is 3.42. The number of ether oxygens (including phenoxy) is 3. The first-order chi connectivity index (χ1) is 13.7. The molecule has 0 spiro atoms. The number of rotatable bonds is 5. The van der Waals surface area contributed by atoms with Crippen molar-refractivity contribution in [3.63, 3.8) is 0 Å². The first kappa shape index (κ1) is 21.3. The van der Waals surface area contributed by atoms with E-state index in [0.29, 0.717) is 18.9 Å². The Balaban J connectivity index is 1.86. The van der Waals surface area contributed by atoms with Crippen molar-refractivity contribution >= 4 is 17.1 Å². The summed E-state index contributed by atoms with van der Waals surface area (Å²) in [7, 11) is 1.58. The first-order valence-electron chi connectivity index (χ1n) is 9.90. The number of carbonyl (C=O) groups is 1. The second-order valence-corrected chi connectivity index (χ2v) is 8.36. The SMILES string of the molecule is COc1ccc2nccc(CC(NC(=O)OC(C)(C)C)[C@H]3CC[C@H](N)CO3)c2n1. The highest BCUT2D eigenvalue weighted by Gasteiger charge is 2.30. The maximum Gasteiger partial charge on any atom is 0.407 e. The second kappa shape index (κ2) is 8.92. The third kappa shape index (κ3) is 5.77. The molecule has 2 aromatic rings. The van der Waals surface area contributed by atoms with Crippen LogP contribution in [0.2, 0.25) is 0 Å². The van der Waals surface area contributed by atoms with Gasteiger partial charge in [-0.2, -0.15) is 0 Å². The molecule has 1 saturated heterocycles. The average molecular weight is 402 g/mol. The highest BCUT2D eigenvalue weighted by Crippen LogP contribution is 2.23. The van der Waals surface area contributed by atoms with Crippen LogP contribution in [0.1, 0.15) is 39.2 Å². The van der Waals surface area contributed by atoms with E-state index in [1.165, 1.54) is 0 Å². The topological polar surface area (TPSA) is 109 Å². The summed E-state index contributed by atoms with van der Waals surface area (Å²) in [5.74, 6) is 0.517. The lowest BCUT2D eigenvalue weighted by Crippen LogP contribution is -2.50. The molecule has 1 aliphatic heterocycles. The van der Waals surface area contributed by atoms with Crippen molar-refractivity contribution in [2.45, 2.75) is 63.8 Å². The third-order valence-corrected chi connectivity index (χ3v) is 4.79. The standard InChI is InChI=1S/C21H30N4O4/c1-21(2,3)29-20(26)24-16(17-7-5-14(22)12-28-17)11-13-9-10-23-15-6-8-18(27-4)25-19(13)15/h6,8-10,14,16-17H,5,7,11-12,22H2,1-4H3,(H,24,26)/t14-,16?,17+/m0/s1. The number of aromatic nitrogens is 2. The van der Waals surface area contributed by atoms with Crippen molar-refractivity contribution in [3.05, 3.63) is 30.0 Å². The molecule has 8 heteroatoms. The number of carbonyl (C=O) groups excluding carboxylic acids is 1. The summed E-state index contributed by atoms with van der Waals surface area (Å²) in [6.07, 6.45) is 3.26. The lowest BCUT2D eigenvalue weighted by molar-refractivity contribution is -0.0203. The molecule has 0 bridgehead atoms. The molecular formula is C21H30N4O4. The zero-order valence-electron chi connectivity index (χ0n) is 17.5. The minimum absolute atomic E-state index is 0.0288. The molecular weight excluding hydrogens is 372 g/mol. The van der Waals surface area contributed by atoms with Crippen LogP contribution in [0, 0.1) is 0 Å². The average Bonchev–Trinajstić information content (AvgIpc) is 2.66. The number of hydrogen-bond donors (Lipinski definition) is 2. The van der Waals surface area contributed by atoms with E-state index in [9.17, 15) is 4.79 Å². The van der Waals surface area contributed by atoms with Crippen molar-refractivity contribution in [3.8, 4) is 5.88 Å². The normalized spacial score (nSPS) is 20.9. The van der Waals surface area contributed by atoms with Gasteiger partial charge in [0.25, 0.3) is 0 Å². The van der Waals surface area contributed by atoms with Gasteiger partial charge in [0.1, 0.15) is 5.60 Å². The van der Waals surface area contributed by atoms with E-state index in [1.807, 2.05) is 32.9 Å². The second-order valence-electron chi connectivity index (χ2n) is 8.36. The van der Waals surface area contributed by atoms with Gasteiger partial charge in [-0.3, -0.25) is 4.98 Å². The van der Waals surface area contributed by atoms with Gasteiger partial charge in [-0.25, -0.2) is 9.78 Å². The van der Waals surface area contributed by atoms with Gasteiger partial charge in [-0.05, 0) is 57.7 Å². The van der Waals surface area contributed by atoms with E-state index >= 15 is 0 Å². The van der Waals surface area contributed by atoms with E-state index in [1.54, 1.807) is 19.4 Å². The van der Waals surface area contributed by atoms with Gasteiger partial charge in [0, 0.05) is 18.3 Å². The Hall–Kier alpha value is -2.45. The molecule has 3 heterocycles. The minimum atomic E-state index is -0.581. The van der Waals surface area contributed by atoms with Gasteiger partial charge >= 0.3 is 6.09 Å². The number of amides is 1. The van der Waals surface area contributed by atoms with Gasteiger partial charge in [0.2, 0.25) is 5.88 Å². The number of alkyl carbamates (subject to hydrolysis) is 1. The maximum atomic E-state index is 12.5. The number of nitrogens with zero attached hydrogens (tertiary/aromatic N) is 2. The molecule has 0 aliphatic carbocycles. The van der Waals surface area contributed by atoms with Crippen LogP contribution in [0.15, 0.2) is 24.4 Å². The number of nitrogens with two attached hydrogens (primary N) is 1. The van der Waals surface area contributed by atoms with Crippen molar-refractivity contribution in [1.29, 1.82) is 0 Å². The quantitative estimate of drug-likeness (QED) is 0.791. The summed E-state index contributed by atoms with van der Waals surface area (Å²) in [4.78, 5) is 21.4. The van der Waals surface area contributed by atoms with Gasteiger partial charge in [0.05, 0.1) is 36.9 Å². The van der Waals surface area contributed by atoms with Crippen molar-refractivity contribution < 1.29 is 19.0 Å². The number of methoxy groups -OCH3 is 1. The van der Waals surface area contributed by atoms with Crippen LogP contribution in [0.3, 0.4) is 0 Å². The molecule has 0 radical (unpaired) electrons. The number of pyridine rings is 2. The van der Waals surface area contributed by atoms with Crippen molar-refractivity contribution in [1.82, 2.24) is 15.3 Å². The van der Waals surface area contributed by atoms with Gasteiger partial charge in [-0.15, -0.1) is 0 Å². The molecule has 3 N–H and O–H groups in total. The molecule has 29 heavy (non-hydrogen) atoms. The van der Waals surface area contributed by atoms with Crippen LogP contribution in [0.4, 0.5) is 4.79 Å². The van der Waals surface area contributed by atoms with Gasteiger partial charge in [0.15, 0.2) is 0 Å². The van der Waals surface area contributed by atoms with Crippen LogP contribution in [-0.4, -0.2) is 53.6 Å². The van der Waals surface area contributed by atoms with E-state index in [4.69, 9.17) is 19.9 Å². The van der Waals surface area contributed by atoms with Crippen LogP contribution in [0.25, 0.3) is 11.0 Å². The monoisotopic (exact) mass is 402 g/mol. The van der Waals surface area contributed by atoms with Gasteiger partial charge < -0.3 is 25.3 Å². The Kier molecular flexibility index (Phi) is 6.54. The summed E-state index contributed by atoms with van der Waals surface area (Å²) in [5, 5.41) is 2.99. The van der Waals surface area contributed by atoms with Crippen LogP contribution in [-0.2, 0) is 15.9 Å². The number of hydrogen-bond acceptors (Lipinski definition) is 7. The van der Waals surface area contributed by atoms with Gasteiger partial charge in [-0.1, -0.05) is 0 Å².